The predicted octanol–water partition coefficient (Wildman–Crippen LogP) is 3.62. The largest absolute Gasteiger partial charge is 0.424 e. The Balaban J connectivity index is 1.37. The molecule has 0 aliphatic carbocycles. The van der Waals surface area contributed by atoms with E-state index in [0.29, 0.717) is 36.3 Å². The molecule has 2 aromatic rings. The Bertz CT molecular complexity index is 911. The van der Waals surface area contributed by atoms with Crippen LogP contribution in [0.1, 0.15) is 28.8 Å². The normalized spacial score (nSPS) is 16.7. The second kappa shape index (κ2) is 9.53. The van der Waals surface area contributed by atoms with Crippen molar-refractivity contribution in [3.63, 3.8) is 0 Å². The molecule has 158 valence electrons. The average Bonchev–Trinajstić information content (AvgIpc) is 2.79. The van der Waals surface area contributed by atoms with E-state index >= 15 is 0 Å². The van der Waals surface area contributed by atoms with Crippen LogP contribution in [0.2, 0.25) is 0 Å². The van der Waals surface area contributed by atoms with Crippen LogP contribution >= 0.6 is 12.0 Å². The zero-order valence-electron chi connectivity index (χ0n) is 17.2. The summed E-state index contributed by atoms with van der Waals surface area (Å²) in [5, 5.41) is 2.89. The van der Waals surface area contributed by atoms with Crippen molar-refractivity contribution in [1.82, 2.24) is 4.90 Å². The molecule has 0 aromatic heterocycles. The van der Waals surface area contributed by atoms with E-state index in [1.807, 2.05) is 18.4 Å². The van der Waals surface area contributed by atoms with Gasteiger partial charge in [-0.1, -0.05) is 18.2 Å². The summed E-state index contributed by atoms with van der Waals surface area (Å²) in [4.78, 5) is 29.6. The minimum absolute atomic E-state index is 0.0330. The summed E-state index contributed by atoms with van der Waals surface area (Å²) in [6.45, 7) is 4.61. The third-order valence-electron chi connectivity index (χ3n) is 5.76. The van der Waals surface area contributed by atoms with Crippen molar-refractivity contribution in [2.24, 2.45) is 0 Å². The van der Waals surface area contributed by atoms with Gasteiger partial charge >= 0.3 is 0 Å². The highest BCUT2D eigenvalue weighted by Gasteiger charge is 2.25. The number of carbonyl (C=O) groups excluding carboxylic acids is 2. The number of amides is 1. The molecule has 1 amide bonds. The number of piperazine rings is 1. The molecule has 0 spiro atoms. The average molecular weight is 426 g/mol. The number of fused-ring (bicyclic) bond motifs is 1. The fraction of sp³-hybridized carbons (Fsp3) is 0.391. The second-order valence-electron chi connectivity index (χ2n) is 7.60. The van der Waals surface area contributed by atoms with Gasteiger partial charge in [0, 0.05) is 63.1 Å². The third kappa shape index (κ3) is 4.63. The number of nitrogens with one attached hydrogen (secondary N) is 1. The number of hydrogen-bond donors (Lipinski definition) is 1. The lowest BCUT2D eigenvalue weighted by molar-refractivity contribution is -0.116. The highest BCUT2D eigenvalue weighted by molar-refractivity contribution is 7.94. The highest BCUT2D eigenvalue weighted by atomic mass is 32.2. The van der Waals surface area contributed by atoms with E-state index < -0.39 is 0 Å². The van der Waals surface area contributed by atoms with Gasteiger partial charge in [-0.15, -0.1) is 0 Å². The monoisotopic (exact) mass is 425 g/mol. The molecule has 2 aliphatic heterocycles. The molecular weight excluding hydrogens is 398 g/mol. The molecule has 0 atom stereocenters. The molecule has 0 unspecified atom stereocenters. The first-order valence-electron chi connectivity index (χ1n) is 10.4. The first-order chi connectivity index (χ1) is 14.7. The van der Waals surface area contributed by atoms with Crippen molar-refractivity contribution in [3.05, 3.63) is 53.6 Å². The summed E-state index contributed by atoms with van der Waals surface area (Å²) < 4.78 is 5.57. The molecule has 7 heteroatoms. The SMILES string of the molecule is CSOc1ccc(C(=O)CCN2CCN(c3ccccc3)CC2)c2c1NC(=O)CC2. The van der Waals surface area contributed by atoms with Crippen LogP contribution in [0.5, 0.6) is 5.75 Å². The maximum atomic E-state index is 13.0. The number of carbonyl (C=O) groups is 2. The molecule has 2 heterocycles. The first-order valence-corrected chi connectivity index (χ1v) is 11.5. The van der Waals surface area contributed by atoms with Crippen LogP contribution in [0, 0.1) is 0 Å². The molecule has 0 bridgehead atoms. The smallest absolute Gasteiger partial charge is 0.224 e. The van der Waals surface area contributed by atoms with Crippen LogP contribution in [0.3, 0.4) is 0 Å². The lowest BCUT2D eigenvalue weighted by Crippen LogP contribution is -2.46. The zero-order valence-corrected chi connectivity index (χ0v) is 18.0. The maximum absolute atomic E-state index is 13.0. The zero-order chi connectivity index (χ0) is 20.9. The van der Waals surface area contributed by atoms with Gasteiger partial charge < -0.3 is 14.4 Å². The number of rotatable bonds is 7. The molecule has 2 aliphatic rings. The fourth-order valence-electron chi connectivity index (χ4n) is 4.15. The molecule has 0 radical (unpaired) electrons. The number of benzene rings is 2. The Hall–Kier alpha value is -2.51. The van der Waals surface area contributed by atoms with Crippen molar-refractivity contribution < 1.29 is 13.8 Å². The number of Topliss-reactive ketones (excluding diaryl/α,β-unsaturated/α-hetero) is 1. The summed E-state index contributed by atoms with van der Waals surface area (Å²) in [5.41, 5.74) is 3.53. The Morgan fingerprint density at radius 3 is 2.57 bits per heavy atom. The molecule has 1 saturated heterocycles. The highest BCUT2D eigenvalue weighted by Crippen LogP contribution is 2.37. The van der Waals surface area contributed by atoms with E-state index in [1.165, 1.54) is 17.7 Å². The topological polar surface area (TPSA) is 61.9 Å². The number of anilines is 2. The summed E-state index contributed by atoms with van der Waals surface area (Å²) >= 11 is 1.22. The minimum atomic E-state index is -0.0330. The summed E-state index contributed by atoms with van der Waals surface area (Å²) in [7, 11) is 0. The van der Waals surface area contributed by atoms with Crippen molar-refractivity contribution in [2.75, 3.05) is 49.2 Å². The molecule has 0 saturated carbocycles. The first kappa shape index (κ1) is 20.8. The lowest BCUT2D eigenvalue weighted by Gasteiger charge is -2.36. The summed E-state index contributed by atoms with van der Waals surface area (Å²) in [6.07, 6.45) is 3.28. The molecule has 4 rings (SSSR count). The Kier molecular flexibility index (Phi) is 6.59. The predicted molar refractivity (Wildman–Crippen MR) is 122 cm³/mol. The van der Waals surface area contributed by atoms with Crippen molar-refractivity contribution in [3.8, 4) is 5.75 Å². The molecule has 1 fully saturated rings. The van der Waals surface area contributed by atoms with E-state index in [1.54, 1.807) is 6.07 Å². The van der Waals surface area contributed by atoms with Crippen LogP contribution in [0.4, 0.5) is 11.4 Å². The van der Waals surface area contributed by atoms with Gasteiger partial charge in [-0.3, -0.25) is 14.5 Å². The van der Waals surface area contributed by atoms with Crippen LogP contribution in [-0.4, -0.2) is 55.6 Å². The molecule has 1 N–H and O–H groups in total. The Morgan fingerprint density at radius 2 is 1.83 bits per heavy atom. The Morgan fingerprint density at radius 1 is 1.07 bits per heavy atom. The van der Waals surface area contributed by atoms with Crippen LogP contribution in [-0.2, 0) is 11.2 Å². The second-order valence-corrected chi connectivity index (χ2v) is 8.10. The quantitative estimate of drug-likeness (QED) is 0.540. The van der Waals surface area contributed by atoms with E-state index in [9.17, 15) is 9.59 Å². The van der Waals surface area contributed by atoms with Crippen LogP contribution in [0.15, 0.2) is 42.5 Å². The van der Waals surface area contributed by atoms with Gasteiger partial charge in [-0.2, -0.15) is 0 Å². The Labute approximate surface area is 181 Å². The molecule has 6 nitrogen and oxygen atoms in total. The summed E-state index contributed by atoms with van der Waals surface area (Å²) in [5.74, 6) is 0.706. The van der Waals surface area contributed by atoms with Gasteiger partial charge in [-0.05, 0) is 36.2 Å². The molecular formula is C23H27N3O3S. The third-order valence-corrected chi connectivity index (χ3v) is 6.11. The van der Waals surface area contributed by atoms with Gasteiger partial charge in [0.1, 0.15) is 0 Å². The van der Waals surface area contributed by atoms with Gasteiger partial charge in [0.05, 0.1) is 17.7 Å². The van der Waals surface area contributed by atoms with Gasteiger partial charge in [-0.25, -0.2) is 0 Å². The number of hydrogen-bond acceptors (Lipinski definition) is 6. The van der Waals surface area contributed by atoms with E-state index in [4.69, 9.17) is 4.18 Å². The number of nitrogens with zero attached hydrogens (tertiary/aromatic N) is 2. The van der Waals surface area contributed by atoms with E-state index in [-0.39, 0.29) is 11.7 Å². The number of ketones is 1. The molecule has 2 aromatic carbocycles. The van der Waals surface area contributed by atoms with Gasteiger partial charge in [0.25, 0.3) is 0 Å². The van der Waals surface area contributed by atoms with Gasteiger partial charge in [0.15, 0.2) is 11.5 Å². The van der Waals surface area contributed by atoms with Crippen molar-refractivity contribution in [2.45, 2.75) is 19.3 Å². The van der Waals surface area contributed by atoms with E-state index in [0.717, 1.165) is 38.3 Å². The molecule has 30 heavy (non-hydrogen) atoms. The van der Waals surface area contributed by atoms with Crippen LogP contribution in [0.25, 0.3) is 0 Å². The lowest BCUT2D eigenvalue weighted by atomic mass is 9.93. The van der Waals surface area contributed by atoms with Crippen molar-refractivity contribution in [1.29, 1.82) is 0 Å². The fourth-order valence-corrected chi connectivity index (χ4v) is 4.47. The van der Waals surface area contributed by atoms with Gasteiger partial charge in [0.2, 0.25) is 5.91 Å². The summed E-state index contributed by atoms with van der Waals surface area (Å²) in [6, 6.07) is 14.1. The minimum Gasteiger partial charge on any atom is -0.424 e. The number of para-hydroxylation sites is 1. The maximum Gasteiger partial charge on any atom is 0.224 e. The standard InChI is InChI=1S/C23H27N3O3S/c1-30-29-21-9-7-18(19-8-10-22(28)24-23(19)21)20(27)11-12-25-13-15-26(16-14-25)17-5-3-2-4-6-17/h2-7,9H,8,10-16H2,1H3,(H,24,28). The van der Waals surface area contributed by atoms with E-state index in [2.05, 4.69) is 39.4 Å². The van der Waals surface area contributed by atoms with Crippen molar-refractivity contribution >= 4 is 35.1 Å². The van der Waals surface area contributed by atoms with Crippen LogP contribution < -0.4 is 14.4 Å².